The Hall–Kier alpha value is -2.55. The maximum atomic E-state index is 13.0. The lowest BCUT2D eigenvalue weighted by Crippen LogP contribution is -2.31. The first-order chi connectivity index (χ1) is 14.6. The van der Waals surface area contributed by atoms with E-state index in [4.69, 9.17) is 5.10 Å². The molecule has 1 saturated carbocycles. The number of nitrogens with one attached hydrogen (secondary N) is 1. The van der Waals surface area contributed by atoms with Gasteiger partial charge in [0.15, 0.2) is 0 Å². The van der Waals surface area contributed by atoms with E-state index >= 15 is 0 Å². The average molecular weight is 454 g/mol. The molecule has 0 unspecified atom stereocenters. The van der Waals surface area contributed by atoms with Gasteiger partial charge in [0.05, 0.1) is 17.1 Å². The van der Waals surface area contributed by atoms with Gasteiger partial charge in [0.2, 0.25) is 0 Å². The van der Waals surface area contributed by atoms with Gasteiger partial charge in [-0.05, 0) is 44.0 Å². The van der Waals surface area contributed by atoms with E-state index in [1.165, 1.54) is 6.07 Å². The van der Waals surface area contributed by atoms with Gasteiger partial charge >= 0.3 is 15.5 Å². The predicted molar refractivity (Wildman–Crippen MR) is 118 cm³/mol. The molecule has 0 amide bonds. The maximum absolute atomic E-state index is 13.0. The summed E-state index contributed by atoms with van der Waals surface area (Å²) < 4.78 is 64.4. The van der Waals surface area contributed by atoms with Gasteiger partial charge in [-0.1, -0.05) is 49.1 Å². The summed E-state index contributed by atoms with van der Waals surface area (Å²) in [5, 5.41) is 6.44. The number of sulfonamides is 1. The number of nitrogens with zero attached hydrogens (tertiary/aromatic N) is 2. The summed E-state index contributed by atoms with van der Waals surface area (Å²) >= 11 is 0. The Morgan fingerprint density at radius 3 is 2.32 bits per heavy atom. The number of hydrogen-bond acceptors (Lipinski definition) is 4. The molecule has 0 heterocycles. The van der Waals surface area contributed by atoms with Gasteiger partial charge in [0, 0.05) is 18.5 Å². The fourth-order valence-corrected chi connectivity index (χ4v) is 4.34. The van der Waals surface area contributed by atoms with Gasteiger partial charge in [-0.25, -0.2) is 0 Å². The SMILES string of the molecule is Cc1ccc(NS(=O)(=O)C(F)(F)F)c(/C(=N/N(C)c2ccccc2)C2CCCCC2)c1. The number of hydrogen-bond donors (Lipinski definition) is 1. The molecule has 1 aliphatic carbocycles. The zero-order valence-electron chi connectivity index (χ0n) is 17.5. The van der Waals surface area contributed by atoms with Crippen molar-refractivity contribution in [2.75, 3.05) is 16.8 Å². The van der Waals surface area contributed by atoms with E-state index in [-0.39, 0.29) is 11.6 Å². The molecule has 9 heteroatoms. The molecule has 168 valence electrons. The molecule has 2 aromatic carbocycles. The summed E-state index contributed by atoms with van der Waals surface area (Å²) in [5.74, 6) is 0.0239. The van der Waals surface area contributed by atoms with Crippen LogP contribution in [0, 0.1) is 12.8 Å². The van der Waals surface area contributed by atoms with Crippen LogP contribution >= 0.6 is 0 Å². The van der Waals surface area contributed by atoms with Crippen LogP contribution in [0.15, 0.2) is 53.6 Å². The van der Waals surface area contributed by atoms with Crippen molar-refractivity contribution in [2.45, 2.75) is 44.5 Å². The molecule has 3 rings (SSSR count). The van der Waals surface area contributed by atoms with Crippen LogP contribution in [0.4, 0.5) is 24.5 Å². The first-order valence-electron chi connectivity index (χ1n) is 10.2. The highest BCUT2D eigenvalue weighted by molar-refractivity contribution is 7.93. The van der Waals surface area contributed by atoms with E-state index in [0.717, 1.165) is 43.4 Å². The zero-order chi connectivity index (χ0) is 22.6. The number of aryl methyl sites for hydroxylation is 1. The molecule has 0 radical (unpaired) electrons. The first kappa shape index (κ1) is 23.1. The van der Waals surface area contributed by atoms with Crippen molar-refractivity contribution in [1.82, 2.24) is 0 Å². The minimum Gasteiger partial charge on any atom is -0.275 e. The molecule has 0 aliphatic heterocycles. The number of anilines is 2. The molecule has 0 atom stereocenters. The van der Waals surface area contributed by atoms with E-state index in [1.54, 1.807) is 28.9 Å². The van der Waals surface area contributed by atoms with Crippen LogP contribution in [0.3, 0.4) is 0 Å². The molecule has 5 nitrogen and oxygen atoms in total. The van der Waals surface area contributed by atoms with Crippen LogP contribution in [-0.2, 0) is 10.0 Å². The number of halogens is 3. The molecule has 2 aromatic rings. The van der Waals surface area contributed by atoms with Crippen LogP contribution in [0.1, 0.15) is 43.2 Å². The Morgan fingerprint density at radius 1 is 1.06 bits per heavy atom. The topological polar surface area (TPSA) is 61.8 Å². The molecule has 31 heavy (non-hydrogen) atoms. The second-order valence-electron chi connectivity index (χ2n) is 7.78. The van der Waals surface area contributed by atoms with Crippen molar-refractivity contribution in [2.24, 2.45) is 11.0 Å². The molecule has 0 saturated heterocycles. The van der Waals surface area contributed by atoms with Gasteiger partial charge in [0.25, 0.3) is 0 Å². The Balaban J connectivity index is 2.10. The van der Waals surface area contributed by atoms with Crippen molar-refractivity contribution in [3.05, 3.63) is 59.7 Å². The highest BCUT2D eigenvalue weighted by Crippen LogP contribution is 2.33. The van der Waals surface area contributed by atoms with Crippen LogP contribution < -0.4 is 9.73 Å². The lowest BCUT2D eigenvalue weighted by Gasteiger charge is -2.27. The van der Waals surface area contributed by atoms with Crippen LogP contribution in [0.2, 0.25) is 0 Å². The first-order valence-corrected chi connectivity index (χ1v) is 11.6. The molecule has 1 fully saturated rings. The normalized spacial score (nSPS) is 16.2. The fraction of sp³-hybridized carbons (Fsp3) is 0.409. The highest BCUT2D eigenvalue weighted by atomic mass is 32.2. The molecular weight excluding hydrogens is 427 g/mol. The van der Waals surface area contributed by atoms with Gasteiger partial charge in [-0.15, -0.1) is 0 Å². The largest absolute Gasteiger partial charge is 0.516 e. The summed E-state index contributed by atoms with van der Waals surface area (Å²) in [5.41, 5.74) is -2.93. The van der Waals surface area contributed by atoms with E-state index < -0.39 is 15.5 Å². The number of hydrazone groups is 1. The minimum absolute atomic E-state index is 0.0239. The molecule has 0 spiro atoms. The highest BCUT2D eigenvalue weighted by Gasteiger charge is 2.46. The predicted octanol–water partition coefficient (Wildman–Crippen LogP) is 5.68. The maximum Gasteiger partial charge on any atom is 0.516 e. The number of rotatable bonds is 6. The van der Waals surface area contributed by atoms with Gasteiger partial charge < -0.3 is 0 Å². The van der Waals surface area contributed by atoms with E-state index in [2.05, 4.69) is 0 Å². The zero-order valence-corrected chi connectivity index (χ0v) is 18.3. The summed E-state index contributed by atoms with van der Waals surface area (Å²) in [6.07, 6.45) is 4.78. The summed E-state index contributed by atoms with van der Waals surface area (Å²) in [6.45, 7) is 1.81. The van der Waals surface area contributed by atoms with E-state index in [9.17, 15) is 21.6 Å². The Bertz CT molecular complexity index is 1030. The lowest BCUT2D eigenvalue weighted by molar-refractivity contribution is -0.0429. The standard InChI is InChI=1S/C22H26F3N3O2S/c1-16-13-14-20(27-31(29,30)22(23,24)25)19(15-16)21(17-9-5-3-6-10-17)26-28(2)18-11-7-4-8-12-18/h4,7-8,11-15,17,27H,3,5-6,9-10H2,1-2H3/b26-21+. The Morgan fingerprint density at radius 2 is 1.71 bits per heavy atom. The van der Waals surface area contributed by atoms with E-state index in [0.29, 0.717) is 11.3 Å². The molecule has 1 aliphatic rings. The van der Waals surface area contributed by atoms with Gasteiger partial charge in [-0.2, -0.15) is 26.7 Å². The van der Waals surface area contributed by atoms with E-state index in [1.807, 2.05) is 37.3 Å². The van der Waals surface area contributed by atoms with Crippen molar-refractivity contribution < 1.29 is 21.6 Å². The smallest absolute Gasteiger partial charge is 0.275 e. The van der Waals surface area contributed by atoms with Crippen LogP contribution in [0.25, 0.3) is 0 Å². The second kappa shape index (κ2) is 9.30. The Labute approximate surface area is 181 Å². The molecule has 1 N–H and O–H groups in total. The van der Waals surface area contributed by atoms with Crippen molar-refractivity contribution in [3.8, 4) is 0 Å². The van der Waals surface area contributed by atoms with Gasteiger partial charge in [0.1, 0.15) is 0 Å². The number of para-hydroxylation sites is 1. The van der Waals surface area contributed by atoms with Crippen LogP contribution in [0.5, 0.6) is 0 Å². The third kappa shape index (κ3) is 5.58. The van der Waals surface area contributed by atoms with Gasteiger partial charge in [-0.3, -0.25) is 9.73 Å². The Kier molecular flexibility index (Phi) is 6.93. The summed E-state index contributed by atoms with van der Waals surface area (Å²) in [4.78, 5) is 0. The van der Waals surface area contributed by atoms with Crippen LogP contribution in [-0.4, -0.2) is 26.7 Å². The quantitative estimate of drug-likeness (QED) is 0.452. The summed E-state index contributed by atoms with van der Waals surface area (Å²) in [7, 11) is -3.78. The minimum atomic E-state index is -5.55. The molecular formula is C22H26F3N3O2S. The second-order valence-corrected chi connectivity index (χ2v) is 9.45. The monoisotopic (exact) mass is 453 g/mol. The third-order valence-electron chi connectivity index (χ3n) is 5.38. The number of alkyl halides is 3. The van der Waals surface area contributed by atoms with Crippen molar-refractivity contribution in [3.63, 3.8) is 0 Å². The summed E-state index contributed by atoms with van der Waals surface area (Å²) in [6, 6.07) is 14.0. The molecule has 0 aromatic heterocycles. The average Bonchev–Trinajstić information content (AvgIpc) is 2.73. The number of benzene rings is 2. The fourth-order valence-electron chi connectivity index (χ4n) is 3.76. The third-order valence-corrected chi connectivity index (χ3v) is 6.48. The lowest BCUT2D eigenvalue weighted by atomic mass is 9.82. The van der Waals surface area contributed by atoms with Crippen molar-refractivity contribution >= 4 is 27.1 Å². The molecule has 0 bridgehead atoms. The van der Waals surface area contributed by atoms with Crippen molar-refractivity contribution in [1.29, 1.82) is 0 Å².